The molecule has 0 saturated heterocycles. The van der Waals surface area contributed by atoms with Gasteiger partial charge in [0, 0.05) is 12.0 Å². The number of aromatic nitrogens is 1. The van der Waals surface area contributed by atoms with Crippen molar-refractivity contribution >= 4 is 5.57 Å². The molecule has 0 saturated carbocycles. The predicted molar refractivity (Wildman–Crippen MR) is 51.4 cm³/mol. The number of hydrogen-bond acceptors (Lipinski definition) is 3. The molecule has 0 unspecified atom stereocenters. The van der Waals surface area contributed by atoms with Gasteiger partial charge in [-0.1, -0.05) is 6.08 Å². The number of allylic oxidation sites excluding steroid dienone is 2. The van der Waals surface area contributed by atoms with Gasteiger partial charge in [0.1, 0.15) is 5.76 Å². The lowest BCUT2D eigenvalue weighted by Gasteiger charge is -1.92. The summed E-state index contributed by atoms with van der Waals surface area (Å²) in [6.45, 7) is 5.89. The molecule has 0 radical (unpaired) electrons. The molecule has 3 nitrogen and oxygen atoms in total. The normalized spacial score (nSPS) is 12.2. The Morgan fingerprint density at radius 2 is 2.31 bits per heavy atom. The molecular weight excluding hydrogens is 166 g/mol. The number of aryl methyl sites for hydroxylation is 1. The predicted octanol–water partition coefficient (Wildman–Crippen LogP) is 1.94. The van der Waals surface area contributed by atoms with Crippen molar-refractivity contribution in [1.29, 1.82) is 0 Å². The van der Waals surface area contributed by atoms with Crippen molar-refractivity contribution in [3.63, 3.8) is 0 Å². The Hall–Kier alpha value is -1.09. The maximum absolute atomic E-state index is 8.75. The number of aliphatic hydroxyl groups excluding tert-OH is 1. The van der Waals surface area contributed by atoms with Crippen LogP contribution in [0.4, 0.5) is 0 Å². The average Bonchev–Trinajstić information content (AvgIpc) is 2.47. The molecule has 0 amide bonds. The third-order valence-corrected chi connectivity index (χ3v) is 2.00. The van der Waals surface area contributed by atoms with Crippen LogP contribution in [0.5, 0.6) is 0 Å². The fourth-order valence-corrected chi connectivity index (χ4v) is 1.05. The molecule has 1 aromatic heterocycles. The summed E-state index contributed by atoms with van der Waals surface area (Å²) < 4.78 is 5.47. The van der Waals surface area contributed by atoms with Gasteiger partial charge in [0.2, 0.25) is 5.89 Å². The summed E-state index contributed by atoms with van der Waals surface area (Å²) >= 11 is 0. The van der Waals surface area contributed by atoms with Gasteiger partial charge in [-0.25, -0.2) is 4.98 Å². The summed E-state index contributed by atoms with van der Waals surface area (Å²) in [4.78, 5) is 4.25. The maximum atomic E-state index is 8.75. The van der Waals surface area contributed by atoms with E-state index in [1.54, 1.807) is 0 Å². The SMILES string of the molecule is C/C=C(\C)c1nc(C)c(CCO)o1. The van der Waals surface area contributed by atoms with Gasteiger partial charge >= 0.3 is 0 Å². The van der Waals surface area contributed by atoms with Crippen molar-refractivity contribution in [1.82, 2.24) is 4.98 Å². The van der Waals surface area contributed by atoms with E-state index in [2.05, 4.69) is 4.98 Å². The van der Waals surface area contributed by atoms with Gasteiger partial charge in [0.05, 0.1) is 12.3 Å². The second-order valence-electron chi connectivity index (χ2n) is 2.97. The second kappa shape index (κ2) is 4.23. The van der Waals surface area contributed by atoms with Crippen LogP contribution in [0.25, 0.3) is 5.57 Å². The smallest absolute Gasteiger partial charge is 0.221 e. The Morgan fingerprint density at radius 1 is 1.62 bits per heavy atom. The summed E-state index contributed by atoms with van der Waals surface area (Å²) in [5, 5.41) is 8.75. The van der Waals surface area contributed by atoms with Gasteiger partial charge in [0.15, 0.2) is 0 Å². The van der Waals surface area contributed by atoms with Crippen molar-refractivity contribution < 1.29 is 9.52 Å². The van der Waals surface area contributed by atoms with E-state index in [1.165, 1.54) is 0 Å². The van der Waals surface area contributed by atoms with Crippen LogP contribution in [0.15, 0.2) is 10.5 Å². The second-order valence-corrected chi connectivity index (χ2v) is 2.97. The third-order valence-electron chi connectivity index (χ3n) is 2.00. The van der Waals surface area contributed by atoms with Crippen molar-refractivity contribution in [2.45, 2.75) is 27.2 Å². The summed E-state index contributed by atoms with van der Waals surface area (Å²) in [5.41, 5.74) is 1.89. The maximum Gasteiger partial charge on any atom is 0.221 e. The molecule has 0 aliphatic carbocycles. The summed E-state index contributed by atoms with van der Waals surface area (Å²) in [5.74, 6) is 1.43. The zero-order valence-electron chi connectivity index (χ0n) is 8.29. The van der Waals surface area contributed by atoms with Gasteiger partial charge in [0.25, 0.3) is 0 Å². The molecule has 3 heteroatoms. The van der Waals surface area contributed by atoms with Crippen LogP contribution in [-0.2, 0) is 6.42 Å². The molecule has 1 aromatic rings. The largest absolute Gasteiger partial charge is 0.441 e. The van der Waals surface area contributed by atoms with E-state index < -0.39 is 0 Å². The van der Waals surface area contributed by atoms with E-state index in [-0.39, 0.29) is 6.61 Å². The van der Waals surface area contributed by atoms with E-state index in [1.807, 2.05) is 26.8 Å². The third kappa shape index (κ3) is 2.18. The lowest BCUT2D eigenvalue weighted by molar-refractivity contribution is 0.287. The van der Waals surface area contributed by atoms with Crippen LogP contribution in [0.3, 0.4) is 0 Å². The molecule has 72 valence electrons. The molecule has 13 heavy (non-hydrogen) atoms. The molecule has 1 heterocycles. The summed E-state index contributed by atoms with van der Waals surface area (Å²) in [7, 11) is 0. The average molecular weight is 181 g/mol. The highest BCUT2D eigenvalue weighted by atomic mass is 16.4. The topological polar surface area (TPSA) is 46.3 Å². The minimum absolute atomic E-state index is 0.102. The first-order valence-corrected chi connectivity index (χ1v) is 4.39. The van der Waals surface area contributed by atoms with Gasteiger partial charge in [-0.3, -0.25) is 0 Å². The first-order valence-electron chi connectivity index (χ1n) is 4.39. The van der Waals surface area contributed by atoms with E-state index in [0.717, 1.165) is 17.0 Å². The van der Waals surface area contributed by atoms with Crippen molar-refractivity contribution in [2.24, 2.45) is 0 Å². The number of hydrogen-bond donors (Lipinski definition) is 1. The van der Waals surface area contributed by atoms with Gasteiger partial charge < -0.3 is 9.52 Å². The highest BCUT2D eigenvalue weighted by Gasteiger charge is 2.09. The molecule has 1 rings (SSSR count). The van der Waals surface area contributed by atoms with Gasteiger partial charge in [-0.15, -0.1) is 0 Å². The monoisotopic (exact) mass is 181 g/mol. The van der Waals surface area contributed by atoms with Crippen LogP contribution >= 0.6 is 0 Å². The summed E-state index contributed by atoms with van der Waals surface area (Å²) in [6, 6.07) is 0. The Balaban J connectivity index is 2.95. The van der Waals surface area contributed by atoms with Crippen molar-refractivity contribution in [3.8, 4) is 0 Å². The fraction of sp³-hybridized carbons (Fsp3) is 0.500. The van der Waals surface area contributed by atoms with Crippen LogP contribution < -0.4 is 0 Å². The Kier molecular flexibility index (Phi) is 3.25. The fourth-order valence-electron chi connectivity index (χ4n) is 1.05. The van der Waals surface area contributed by atoms with Gasteiger partial charge in [-0.05, 0) is 20.8 Å². The van der Waals surface area contributed by atoms with Crippen molar-refractivity contribution in [2.75, 3.05) is 6.61 Å². The molecule has 0 atom stereocenters. The van der Waals surface area contributed by atoms with E-state index >= 15 is 0 Å². The Labute approximate surface area is 78.1 Å². The standard InChI is InChI=1S/C10H15NO2/c1-4-7(2)10-11-8(3)9(13-10)5-6-12/h4,12H,5-6H2,1-3H3/b7-4+. The number of nitrogens with zero attached hydrogens (tertiary/aromatic N) is 1. The minimum Gasteiger partial charge on any atom is -0.441 e. The molecule has 0 spiro atoms. The van der Waals surface area contributed by atoms with E-state index in [0.29, 0.717) is 12.3 Å². The first kappa shape index (κ1) is 9.99. The molecule has 0 fully saturated rings. The zero-order chi connectivity index (χ0) is 9.84. The zero-order valence-corrected chi connectivity index (χ0v) is 8.29. The van der Waals surface area contributed by atoms with Crippen LogP contribution in [-0.4, -0.2) is 16.7 Å². The van der Waals surface area contributed by atoms with Crippen molar-refractivity contribution in [3.05, 3.63) is 23.4 Å². The quantitative estimate of drug-likeness (QED) is 0.775. The lowest BCUT2D eigenvalue weighted by Crippen LogP contribution is -1.89. The molecule has 0 aliphatic heterocycles. The highest BCUT2D eigenvalue weighted by molar-refractivity contribution is 5.55. The summed E-state index contributed by atoms with van der Waals surface area (Å²) in [6.07, 6.45) is 2.49. The van der Waals surface area contributed by atoms with Crippen LogP contribution in [0, 0.1) is 6.92 Å². The molecule has 0 aliphatic rings. The molecule has 1 N–H and O–H groups in total. The number of aliphatic hydroxyl groups is 1. The highest BCUT2D eigenvalue weighted by Crippen LogP contribution is 2.17. The van der Waals surface area contributed by atoms with E-state index in [9.17, 15) is 0 Å². The number of rotatable bonds is 3. The van der Waals surface area contributed by atoms with Crippen LogP contribution in [0.1, 0.15) is 31.2 Å². The molecule has 0 aromatic carbocycles. The minimum atomic E-state index is 0.102. The first-order chi connectivity index (χ1) is 6.19. The molecule has 0 bridgehead atoms. The number of oxazole rings is 1. The Morgan fingerprint density at radius 3 is 2.85 bits per heavy atom. The van der Waals surface area contributed by atoms with E-state index in [4.69, 9.17) is 9.52 Å². The lowest BCUT2D eigenvalue weighted by atomic mass is 10.3. The Bertz CT molecular complexity index is 313. The van der Waals surface area contributed by atoms with Crippen LogP contribution in [0.2, 0.25) is 0 Å². The van der Waals surface area contributed by atoms with Gasteiger partial charge in [-0.2, -0.15) is 0 Å². The molecular formula is C10H15NO2.